The van der Waals surface area contributed by atoms with Gasteiger partial charge in [-0.05, 0) is 40.0 Å². The van der Waals surface area contributed by atoms with Crippen molar-refractivity contribution < 1.29 is 22.7 Å². The summed E-state index contributed by atoms with van der Waals surface area (Å²) in [6, 6.07) is -0.295. The van der Waals surface area contributed by atoms with Crippen LogP contribution in [0.3, 0.4) is 0 Å². The maximum Gasteiger partial charge on any atom is 0.421 e. The maximum atomic E-state index is 13.1. The monoisotopic (exact) mass is 375 g/mol. The Labute approximate surface area is 150 Å². The van der Waals surface area contributed by atoms with E-state index in [9.17, 15) is 18.0 Å². The fourth-order valence-corrected chi connectivity index (χ4v) is 2.73. The average Bonchev–Trinajstić information content (AvgIpc) is 2.50. The molecule has 0 saturated carbocycles. The Morgan fingerprint density at radius 2 is 2.08 bits per heavy atom. The highest BCUT2D eigenvalue weighted by Gasteiger charge is 2.36. The van der Waals surface area contributed by atoms with Crippen molar-refractivity contribution in [2.24, 2.45) is 0 Å². The van der Waals surface area contributed by atoms with Gasteiger partial charge >= 0.3 is 12.3 Å². The van der Waals surface area contributed by atoms with Crippen LogP contribution < -0.4 is 11.1 Å². The van der Waals surface area contributed by atoms with Crippen molar-refractivity contribution in [2.75, 3.05) is 24.1 Å². The second kappa shape index (κ2) is 7.55. The number of nitrogens with one attached hydrogen (secondary N) is 1. The molecule has 7 nitrogen and oxygen atoms in total. The molecular formula is C16H24F3N5O2. The van der Waals surface area contributed by atoms with E-state index < -0.39 is 23.4 Å². The Hall–Kier alpha value is -2.26. The smallest absolute Gasteiger partial charge is 0.421 e. The Kier molecular flexibility index (Phi) is 5.82. The number of likely N-dealkylation sites (tertiary alicyclic amines) is 1. The van der Waals surface area contributed by atoms with Gasteiger partial charge in [0.25, 0.3) is 0 Å². The number of hydrogen-bond donors (Lipinski definition) is 2. The third-order valence-electron chi connectivity index (χ3n) is 3.87. The van der Waals surface area contributed by atoms with Gasteiger partial charge in [0.2, 0.25) is 5.95 Å². The van der Waals surface area contributed by atoms with Gasteiger partial charge in [-0.25, -0.2) is 9.78 Å². The first-order valence-corrected chi connectivity index (χ1v) is 8.40. The molecule has 1 aromatic rings. The summed E-state index contributed by atoms with van der Waals surface area (Å²) in [6.07, 6.45) is -2.06. The predicted molar refractivity (Wildman–Crippen MR) is 90.5 cm³/mol. The molecule has 0 spiro atoms. The lowest BCUT2D eigenvalue weighted by molar-refractivity contribution is -0.137. The number of halogens is 3. The van der Waals surface area contributed by atoms with Crippen LogP contribution in [-0.2, 0) is 10.9 Å². The van der Waals surface area contributed by atoms with Crippen LogP contribution in [0.2, 0.25) is 0 Å². The Bertz CT molecular complexity index is 646. The van der Waals surface area contributed by atoms with Crippen LogP contribution in [0.4, 0.5) is 29.7 Å². The van der Waals surface area contributed by atoms with E-state index in [-0.39, 0.29) is 24.4 Å². The second-order valence-electron chi connectivity index (χ2n) is 7.19. The maximum absolute atomic E-state index is 13.1. The number of hydrogen-bond acceptors (Lipinski definition) is 6. The van der Waals surface area contributed by atoms with Crippen molar-refractivity contribution in [1.29, 1.82) is 0 Å². The van der Waals surface area contributed by atoms with Gasteiger partial charge < -0.3 is 20.7 Å². The number of aromatic nitrogens is 2. The first kappa shape index (κ1) is 20.1. The summed E-state index contributed by atoms with van der Waals surface area (Å²) in [7, 11) is 0. The third kappa shape index (κ3) is 5.37. The summed E-state index contributed by atoms with van der Waals surface area (Å²) in [5, 5.41) is 2.68. The van der Waals surface area contributed by atoms with Gasteiger partial charge in [0.05, 0.1) is 6.04 Å². The molecule has 26 heavy (non-hydrogen) atoms. The lowest BCUT2D eigenvalue weighted by Crippen LogP contribution is -2.49. The molecule has 1 unspecified atom stereocenters. The molecule has 10 heteroatoms. The summed E-state index contributed by atoms with van der Waals surface area (Å²) in [6.45, 7) is 5.90. The van der Waals surface area contributed by atoms with E-state index >= 15 is 0 Å². The number of nitrogens with two attached hydrogens (primary N) is 1. The van der Waals surface area contributed by atoms with E-state index in [1.54, 1.807) is 25.7 Å². The van der Waals surface area contributed by atoms with Gasteiger partial charge in [-0.15, -0.1) is 0 Å². The van der Waals surface area contributed by atoms with Crippen molar-refractivity contribution in [1.82, 2.24) is 14.9 Å². The molecule has 0 aromatic carbocycles. The number of anilines is 2. The van der Waals surface area contributed by atoms with Crippen LogP contribution in [0.25, 0.3) is 0 Å². The number of amides is 1. The highest BCUT2D eigenvalue weighted by Crippen LogP contribution is 2.33. The summed E-state index contributed by atoms with van der Waals surface area (Å²) < 4.78 is 44.7. The number of nitrogens with zero attached hydrogens (tertiary/aromatic N) is 3. The molecule has 2 rings (SSSR count). The minimum absolute atomic E-state index is 0.110. The molecule has 1 aromatic heterocycles. The van der Waals surface area contributed by atoms with Gasteiger partial charge in [0, 0.05) is 19.3 Å². The lowest BCUT2D eigenvalue weighted by atomic mass is 10.0. The van der Waals surface area contributed by atoms with E-state index in [0.717, 1.165) is 12.8 Å². The van der Waals surface area contributed by atoms with Crippen molar-refractivity contribution in [3.05, 3.63) is 11.8 Å². The van der Waals surface area contributed by atoms with Gasteiger partial charge in [-0.2, -0.15) is 18.2 Å². The molecule has 1 atom stereocenters. The molecule has 1 amide bonds. The van der Waals surface area contributed by atoms with E-state index in [1.165, 1.54) is 0 Å². The zero-order valence-electron chi connectivity index (χ0n) is 15.1. The molecule has 1 aliphatic rings. The van der Waals surface area contributed by atoms with Crippen LogP contribution in [-0.4, -0.2) is 45.7 Å². The SMILES string of the molecule is CC(C)(C)OC(=O)N1CCCCC1CNc1nc(N)ncc1C(F)(F)F. The number of ether oxygens (including phenoxy) is 1. The molecule has 2 heterocycles. The average molecular weight is 375 g/mol. The van der Waals surface area contributed by atoms with Crippen LogP contribution in [0.1, 0.15) is 45.6 Å². The first-order valence-electron chi connectivity index (χ1n) is 8.40. The fourth-order valence-electron chi connectivity index (χ4n) is 2.73. The fraction of sp³-hybridized carbons (Fsp3) is 0.688. The quantitative estimate of drug-likeness (QED) is 0.842. The molecule has 0 radical (unpaired) electrons. The highest BCUT2D eigenvalue weighted by molar-refractivity contribution is 5.68. The minimum Gasteiger partial charge on any atom is -0.444 e. The van der Waals surface area contributed by atoms with E-state index in [2.05, 4.69) is 15.3 Å². The molecule has 1 aliphatic heterocycles. The third-order valence-corrected chi connectivity index (χ3v) is 3.87. The van der Waals surface area contributed by atoms with Gasteiger partial charge in [-0.3, -0.25) is 0 Å². The topological polar surface area (TPSA) is 93.4 Å². The van der Waals surface area contributed by atoms with E-state index in [4.69, 9.17) is 10.5 Å². The zero-order chi connectivity index (χ0) is 19.5. The van der Waals surface area contributed by atoms with Crippen molar-refractivity contribution in [2.45, 2.75) is 57.9 Å². The molecule has 3 N–H and O–H groups in total. The Morgan fingerprint density at radius 1 is 1.38 bits per heavy atom. The number of piperidine rings is 1. The largest absolute Gasteiger partial charge is 0.444 e. The molecule has 146 valence electrons. The molecule has 0 bridgehead atoms. The van der Waals surface area contributed by atoms with E-state index in [0.29, 0.717) is 19.2 Å². The van der Waals surface area contributed by atoms with Crippen molar-refractivity contribution >= 4 is 17.9 Å². The Balaban J connectivity index is 2.12. The predicted octanol–water partition coefficient (Wildman–Crippen LogP) is 3.28. The van der Waals surface area contributed by atoms with Crippen LogP contribution in [0.15, 0.2) is 6.20 Å². The Morgan fingerprint density at radius 3 is 2.69 bits per heavy atom. The first-order chi connectivity index (χ1) is 12.0. The number of nitrogen functional groups attached to an aromatic ring is 1. The van der Waals surface area contributed by atoms with Crippen LogP contribution in [0.5, 0.6) is 0 Å². The summed E-state index contributed by atoms with van der Waals surface area (Å²) >= 11 is 0. The van der Waals surface area contributed by atoms with Gasteiger partial charge in [-0.1, -0.05) is 0 Å². The van der Waals surface area contributed by atoms with Gasteiger partial charge in [0.1, 0.15) is 17.0 Å². The normalized spacial score (nSPS) is 18.5. The zero-order valence-corrected chi connectivity index (χ0v) is 15.1. The molecule has 0 aliphatic carbocycles. The van der Waals surface area contributed by atoms with E-state index in [1.807, 2.05) is 0 Å². The van der Waals surface area contributed by atoms with Crippen molar-refractivity contribution in [3.8, 4) is 0 Å². The van der Waals surface area contributed by atoms with Gasteiger partial charge in [0.15, 0.2) is 0 Å². The summed E-state index contributed by atoms with van der Waals surface area (Å²) in [5.74, 6) is -0.646. The number of carbonyl (C=O) groups is 1. The molecule has 1 saturated heterocycles. The van der Waals surface area contributed by atoms with Crippen LogP contribution >= 0.6 is 0 Å². The van der Waals surface area contributed by atoms with Crippen LogP contribution in [0, 0.1) is 0 Å². The number of rotatable bonds is 3. The summed E-state index contributed by atoms with van der Waals surface area (Å²) in [4.78, 5) is 21.0. The summed E-state index contributed by atoms with van der Waals surface area (Å²) in [5.41, 5.74) is 3.77. The second-order valence-corrected chi connectivity index (χ2v) is 7.19. The lowest BCUT2D eigenvalue weighted by Gasteiger charge is -2.37. The molecular weight excluding hydrogens is 351 g/mol. The van der Waals surface area contributed by atoms with Crippen molar-refractivity contribution in [3.63, 3.8) is 0 Å². The number of alkyl halides is 3. The standard InChI is InChI=1S/C16H24F3N5O2/c1-15(2,3)26-14(25)24-7-5-4-6-10(24)8-21-12-11(16(17,18)19)9-22-13(20)23-12/h9-10H,4-8H2,1-3H3,(H3,20,21,22,23). The highest BCUT2D eigenvalue weighted by atomic mass is 19.4. The minimum atomic E-state index is -4.60. The number of carbonyl (C=O) groups excluding carboxylic acids is 1. The molecule has 1 fully saturated rings.